The minimum atomic E-state index is -5.84. The maximum absolute atomic E-state index is 11.2. The Labute approximate surface area is 336 Å². The molecule has 1 aliphatic heterocycles. The van der Waals surface area contributed by atoms with Crippen LogP contribution < -0.4 is 212 Å². The van der Waals surface area contributed by atoms with Crippen LogP contribution in [0.3, 0.4) is 0 Å². The predicted molar refractivity (Wildman–Crippen MR) is 85.5 cm³/mol. The van der Waals surface area contributed by atoms with Crippen LogP contribution in [0.4, 0.5) is 5.69 Å². The van der Waals surface area contributed by atoms with E-state index in [1.165, 1.54) is 4.90 Å². The topological polar surface area (TPSA) is 220 Å². The summed E-state index contributed by atoms with van der Waals surface area (Å²) in [5, 5.41) is 0. The molecule has 35 heavy (non-hydrogen) atoms. The largest absolute Gasteiger partial charge is 1.00 e. The van der Waals surface area contributed by atoms with E-state index in [4.69, 9.17) is 0 Å². The van der Waals surface area contributed by atoms with Crippen LogP contribution in [0, 0.1) is 0 Å². The summed E-state index contributed by atoms with van der Waals surface area (Å²) in [6.07, 6.45) is -5.63. The van der Waals surface area contributed by atoms with Crippen molar-refractivity contribution in [2.75, 3.05) is 18.0 Å². The van der Waals surface area contributed by atoms with E-state index < -0.39 is 48.3 Å². The number of phosphoric ester groups is 3. The zero-order valence-corrected chi connectivity index (χ0v) is 35.5. The maximum Gasteiger partial charge on any atom is 1.00 e. The summed E-state index contributed by atoms with van der Waals surface area (Å²) < 4.78 is 45.8. The number of benzene rings is 1. The molecule has 22 heteroatoms. The molecule has 1 aliphatic rings. The Balaban J connectivity index is -0.000000500. The predicted octanol–water partition coefficient (Wildman–Crippen LogP) is -21.3. The second-order valence-corrected chi connectivity index (χ2v) is 9.55. The van der Waals surface area contributed by atoms with Crippen molar-refractivity contribution in [3.63, 3.8) is 0 Å². The van der Waals surface area contributed by atoms with Crippen LogP contribution in [0.1, 0.15) is 12.5 Å². The van der Waals surface area contributed by atoms with Gasteiger partial charge >= 0.3 is 177 Å². The van der Waals surface area contributed by atoms with E-state index in [1.807, 2.05) is 6.07 Å². The summed E-state index contributed by atoms with van der Waals surface area (Å²) in [7, 11) is -17.3. The van der Waals surface area contributed by atoms with Gasteiger partial charge in [0.05, 0.1) is 29.6 Å². The number of hydrogen-bond acceptors (Lipinski definition) is 13. The van der Waals surface area contributed by atoms with Crippen LogP contribution in [0.15, 0.2) is 24.3 Å². The van der Waals surface area contributed by atoms with Crippen molar-refractivity contribution in [1.82, 2.24) is 0 Å². The Morgan fingerprint density at radius 2 is 1.31 bits per heavy atom. The smallest absolute Gasteiger partial charge is 0.790 e. The van der Waals surface area contributed by atoms with Crippen molar-refractivity contribution in [2.24, 2.45) is 0 Å². The van der Waals surface area contributed by atoms with E-state index in [0.29, 0.717) is 18.7 Å². The molecule has 0 fully saturated rings. The third kappa shape index (κ3) is 20.8. The Morgan fingerprint density at radius 3 is 1.77 bits per heavy atom. The molecule has 0 radical (unpaired) electrons. The fourth-order valence-corrected chi connectivity index (χ4v) is 4.60. The molecular weight excluding hydrogens is 593 g/mol. The third-order valence-electron chi connectivity index (χ3n) is 3.99. The molecule has 0 saturated heterocycles. The summed E-state index contributed by atoms with van der Waals surface area (Å²) in [5.41, 5.74) is 1.52. The van der Waals surface area contributed by atoms with Gasteiger partial charge in [-0.2, -0.15) is 0 Å². The van der Waals surface area contributed by atoms with Gasteiger partial charge in [0.2, 0.25) is 0 Å². The van der Waals surface area contributed by atoms with Gasteiger partial charge in [-0.25, -0.2) is 0 Å². The Morgan fingerprint density at radius 1 is 0.829 bits per heavy atom. The summed E-state index contributed by atoms with van der Waals surface area (Å²) in [4.78, 5) is 67.8. The average Bonchev–Trinajstić information content (AvgIpc) is 2.51. The summed E-state index contributed by atoms with van der Waals surface area (Å²) in [6, 6.07) is 6.91. The summed E-state index contributed by atoms with van der Waals surface area (Å²) in [6.45, 7) is 0.661. The number of nitrogens with zero attached hydrogens (tertiary/aromatic N) is 1. The Kier molecular flexibility index (Phi) is 31.4. The van der Waals surface area contributed by atoms with Crippen LogP contribution in [0.2, 0.25) is 0 Å². The molecule has 1 heterocycles. The second-order valence-electron chi connectivity index (χ2n) is 6.23. The van der Waals surface area contributed by atoms with Crippen molar-refractivity contribution in [3.05, 3.63) is 29.8 Å². The van der Waals surface area contributed by atoms with Crippen molar-refractivity contribution in [3.8, 4) is 0 Å². The van der Waals surface area contributed by atoms with Crippen LogP contribution in [0.25, 0.3) is 0 Å². The van der Waals surface area contributed by atoms with Crippen molar-refractivity contribution in [2.45, 2.75) is 31.7 Å². The van der Waals surface area contributed by atoms with Crippen molar-refractivity contribution >= 4 is 29.2 Å². The number of hydrogen-bond donors (Lipinski definition) is 0. The fourth-order valence-electron chi connectivity index (χ4n) is 2.95. The van der Waals surface area contributed by atoms with Crippen LogP contribution in [0.5, 0.6) is 0 Å². The molecule has 1 aromatic rings. The van der Waals surface area contributed by atoms with E-state index >= 15 is 0 Å². The van der Waals surface area contributed by atoms with Gasteiger partial charge in [0.15, 0.2) is 0 Å². The molecule has 166 valence electrons. The average molecular weight is 609 g/mol. The van der Waals surface area contributed by atoms with Crippen LogP contribution >= 0.6 is 23.5 Å². The van der Waals surface area contributed by atoms with Crippen LogP contribution in [-0.2, 0) is 33.7 Å². The van der Waals surface area contributed by atoms with Crippen LogP contribution in [-0.4, -0.2) is 31.4 Å². The van der Waals surface area contributed by atoms with Crippen molar-refractivity contribution in [1.29, 1.82) is 0 Å². The number of anilines is 1. The maximum atomic E-state index is 11.2. The fraction of sp³-hybridized carbons (Fsp3) is 0.538. The van der Waals surface area contributed by atoms with Crippen molar-refractivity contribution < 1.29 is 234 Å². The van der Waals surface area contributed by atoms with E-state index in [1.54, 1.807) is 18.2 Å². The number of phosphoric acid groups is 3. The quantitative estimate of drug-likeness (QED) is 0.178. The molecular formula is C13H16NNa6O12P3. The molecule has 0 spiro atoms. The first-order chi connectivity index (χ1) is 13.1. The minimum Gasteiger partial charge on any atom is -0.790 e. The van der Waals surface area contributed by atoms with E-state index in [2.05, 4.69) is 13.6 Å². The molecule has 0 unspecified atom stereocenters. The molecule has 0 aliphatic carbocycles. The van der Waals surface area contributed by atoms with Gasteiger partial charge in [0.25, 0.3) is 0 Å². The van der Waals surface area contributed by atoms with Gasteiger partial charge in [-0.15, -0.1) is 0 Å². The van der Waals surface area contributed by atoms with Gasteiger partial charge in [0, 0.05) is 18.8 Å². The molecule has 0 aromatic heterocycles. The molecule has 3 atom stereocenters. The third-order valence-corrected chi connectivity index (χ3v) is 5.61. The molecule has 0 saturated carbocycles. The van der Waals surface area contributed by atoms with Gasteiger partial charge in [-0.1, -0.05) is 12.1 Å². The SMILES string of the molecule is C[C@H](OP(=O)([O-])[O-])[C@@H](OP(=O)([O-])[O-])[C@@H](CN1CCc2cccc1c2)OP(=O)([O-])[O-].[Na+].[Na+].[Na+].[Na+].[Na+].[Na+]. The van der Waals surface area contributed by atoms with E-state index in [0.717, 1.165) is 12.5 Å². The number of rotatable bonds is 10. The standard InChI is InChI=1S/C13H22NO12P3.6Na/c1-9(24-27(15,16)17)13(26-29(21,22)23)12(25-28(18,19)20)8-14-6-5-10-3-2-4-11(14)7-10;;;;;;/h2-4,7,9,12-13H,5-6,8H2,1H3,(H2,15,16,17)(H2,18,19,20)(H2,21,22,23);;;;;;/q;6*+1/p-6/t9-,12+,13+;;;;;;/m0....../s1. The van der Waals surface area contributed by atoms with Gasteiger partial charge in [0.1, 0.15) is 12.2 Å². The first-order valence-electron chi connectivity index (χ1n) is 8.08. The van der Waals surface area contributed by atoms with Gasteiger partial charge in [-0.3, -0.25) is 0 Å². The molecule has 0 amide bonds. The molecule has 13 nitrogen and oxygen atoms in total. The monoisotopic (exact) mass is 609 g/mol. The zero-order chi connectivity index (χ0) is 22.0. The molecule has 0 N–H and O–H groups in total. The minimum absolute atomic E-state index is 0. The molecule has 1 aromatic carbocycles. The second kappa shape index (κ2) is 21.9. The molecule has 2 rings (SSSR count). The van der Waals surface area contributed by atoms with E-state index in [-0.39, 0.29) is 177 Å². The zero-order valence-electron chi connectivity index (χ0n) is 20.9. The normalized spacial score (nSPS) is 15.2. The molecule has 2 bridgehead atoms. The first-order valence-corrected chi connectivity index (χ1v) is 12.5. The van der Waals surface area contributed by atoms with Gasteiger partial charge in [-0.05, 0) is 31.0 Å². The first kappa shape index (κ1) is 50.0. The number of fused-ring (bicyclic) bond motifs is 2. The summed E-state index contributed by atoms with van der Waals surface area (Å²) >= 11 is 0. The van der Waals surface area contributed by atoms with E-state index in [9.17, 15) is 43.1 Å². The Hall–Kier alpha value is 5.35. The summed E-state index contributed by atoms with van der Waals surface area (Å²) in [5.74, 6) is 0. The Bertz CT molecular complexity index is 870. The van der Waals surface area contributed by atoms with Gasteiger partial charge < -0.3 is 61.5 Å².